The van der Waals surface area contributed by atoms with Crippen LogP contribution in [0.3, 0.4) is 0 Å². The molecule has 1 fully saturated rings. The van der Waals surface area contributed by atoms with Crippen LogP contribution in [0.25, 0.3) is 0 Å². The van der Waals surface area contributed by atoms with Crippen LogP contribution in [0.4, 0.5) is 5.69 Å². The average Bonchev–Trinajstić information content (AvgIpc) is 3.12. The molecule has 0 radical (unpaired) electrons. The maximum Gasteiger partial charge on any atom is 0.337 e. The van der Waals surface area contributed by atoms with Crippen molar-refractivity contribution in [3.05, 3.63) is 59.7 Å². The molecule has 32 heavy (non-hydrogen) atoms. The minimum atomic E-state index is -0.707. The van der Waals surface area contributed by atoms with Gasteiger partial charge in [-0.05, 0) is 60.6 Å². The van der Waals surface area contributed by atoms with Gasteiger partial charge in [-0.2, -0.15) is 0 Å². The maximum absolute atomic E-state index is 13.2. The zero-order valence-corrected chi connectivity index (χ0v) is 19.0. The Morgan fingerprint density at radius 2 is 1.78 bits per heavy atom. The molecule has 8 nitrogen and oxygen atoms in total. The molecule has 0 aromatic heterocycles. The lowest BCUT2D eigenvalue weighted by molar-refractivity contribution is -0.122. The third-order valence-corrected chi connectivity index (χ3v) is 5.76. The Labute approximate surface area is 192 Å². The van der Waals surface area contributed by atoms with E-state index in [1.807, 2.05) is 24.3 Å². The van der Waals surface area contributed by atoms with Gasteiger partial charge in [0.2, 0.25) is 5.91 Å². The number of methoxy groups -OCH3 is 2. The van der Waals surface area contributed by atoms with Crippen molar-refractivity contribution in [2.24, 2.45) is 0 Å². The van der Waals surface area contributed by atoms with Crippen molar-refractivity contribution in [1.29, 1.82) is 0 Å². The number of anilines is 1. The molecule has 0 saturated carbocycles. The van der Waals surface area contributed by atoms with Crippen LogP contribution in [0.1, 0.15) is 22.3 Å². The number of nitrogens with zero attached hydrogens (tertiary/aromatic N) is 2. The van der Waals surface area contributed by atoms with E-state index in [0.717, 1.165) is 16.2 Å². The van der Waals surface area contributed by atoms with Crippen LogP contribution < -0.4 is 15.0 Å². The summed E-state index contributed by atoms with van der Waals surface area (Å²) < 4.78 is 9.87. The number of rotatable bonds is 7. The first-order chi connectivity index (χ1) is 15.4. The fraction of sp³-hybridized carbons (Fsp3) is 0.304. The number of ether oxygens (including phenoxy) is 2. The summed E-state index contributed by atoms with van der Waals surface area (Å²) in [6, 6.07) is 13.1. The summed E-state index contributed by atoms with van der Waals surface area (Å²) in [4.78, 5) is 40.5. The second-order valence-corrected chi connectivity index (χ2v) is 7.56. The molecule has 9 heteroatoms. The molecule has 1 aliphatic heterocycles. The molecule has 2 aromatic rings. The van der Waals surface area contributed by atoms with E-state index in [0.29, 0.717) is 29.3 Å². The first kappa shape index (κ1) is 23.2. The molecular weight excluding hydrogens is 430 g/mol. The lowest BCUT2D eigenvalue weighted by Gasteiger charge is -2.29. The van der Waals surface area contributed by atoms with Crippen LogP contribution in [0.15, 0.2) is 48.5 Å². The van der Waals surface area contributed by atoms with Crippen molar-refractivity contribution in [3.63, 3.8) is 0 Å². The number of thiocarbonyl (C=S) groups is 1. The molecule has 2 amide bonds. The molecule has 3 rings (SSSR count). The van der Waals surface area contributed by atoms with Crippen LogP contribution in [-0.2, 0) is 20.7 Å². The summed E-state index contributed by atoms with van der Waals surface area (Å²) >= 11 is 5.44. The highest BCUT2D eigenvalue weighted by molar-refractivity contribution is 7.80. The topological polar surface area (TPSA) is 88.2 Å². The van der Waals surface area contributed by atoms with Crippen LogP contribution in [0, 0.1) is 0 Å². The number of hydrogen-bond donors (Lipinski definition) is 1. The van der Waals surface area contributed by atoms with Gasteiger partial charge in [0.05, 0.1) is 31.9 Å². The molecule has 0 aliphatic carbocycles. The fourth-order valence-corrected chi connectivity index (χ4v) is 3.80. The molecule has 1 aliphatic rings. The first-order valence-electron chi connectivity index (χ1n) is 10.1. The smallest absolute Gasteiger partial charge is 0.337 e. The molecule has 0 spiro atoms. The summed E-state index contributed by atoms with van der Waals surface area (Å²) in [6.07, 6.45) is 0.652. The van der Waals surface area contributed by atoms with Gasteiger partial charge in [0.1, 0.15) is 11.8 Å². The van der Waals surface area contributed by atoms with E-state index in [1.165, 1.54) is 19.2 Å². The lowest BCUT2D eigenvalue weighted by Crippen LogP contribution is -2.49. The molecule has 0 bridgehead atoms. The van der Waals surface area contributed by atoms with E-state index in [9.17, 15) is 14.4 Å². The Morgan fingerprint density at radius 1 is 1.12 bits per heavy atom. The van der Waals surface area contributed by atoms with Crippen molar-refractivity contribution in [2.45, 2.75) is 18.9 Å². The summed E-state index contributed by atoms with van der Waals surface area (Å²) in [5.41, 5.74) is 1.80. The number of benzene rings is 2. The molecule has 1 saturated heterocycles. The van der Waals surface area contributed by atoms with E-state index in [1.54, 1.807) is 31.2 Å². The third kappa shape index (κ3) is 4.88. The highest BCUT2D eigenvalue weighted by Gasteiger charge is 2.43. The van der Waals surface area contributed by atoms with Crippen molar-refractivity contribution in [1.82, 2.24) is 10.2 Å². The maximum atomic E-state index is 13.2. The number of amides is 2. The summed E-state index contributed by atoms with van der Waals surface area (Å²) in [5.74, 6) is -0.397. The highest BCUT2D eigenvalue weighted by atomic mass is 32.1. The van der Waals surface area contributed by atoms with E-state index < -0.39 is 12.0 Å². The number of carbonyl (C=O) groups is 3. The van der Waals surface area contributed by atoms with Gasteiger partial charge in [-0.15, -0.1) is 0 Å². The summed E-state index contributed by atoms with van der Waals surface area (Å²) in [6.45, 7) is 0.463. The van der Waals surface area contributed by atoms with Gasteiger partial charge in [0.15, 0.2) is 5.11 Å². The normalized spacial score (nSPS) is 15.5. The monoisotopic (exact) mass is 455 g/mol. The largest absolute Gasteiger partial charge is 0.497 e. The Hall–Kier alpha value is -3.46. The van der Waals surface area contributed by atoms with E-state index in [-0.39, 0.29) is 18.2 Å². The molecule has 1 atom stereocenters. The van der Waals surface area contributed by atoms with Gasteiger partial charge in [-0.25, -0.2) is 9.69 Å². The predicted molar refractivity (Wildman–Crippen MR) is 124 cm³/mol. The van der Waals surface area contributed by atoms with Gasteiger partial charge in [-0.3, -0.25) is 9.59 Å². The minimum absolute atomic E-state index is 0.0159. The van der Waals surface area contributed by atoms with Gasteiger partial charge in [0, 0.05) is 13.6 Å². The van der Waals surface area contributed by atoms with Crippen LogP contribution >= 0.6 is 12.2 Å². The molecule has 1 heterocycles. The minimum Gasteiger partial charge on any atom is -0.497 e. The SMILES string of the molecule is CNC(=S)N(CCc1ccc(OC)cc1)[C@H]1CC(=O)N(c2ccc(C(=O)OC)cc2)C1=O. The van der Waals surface area contributed by atoms with Gasteiger partial charge < -0.3 is 19.7 Å². The van der Waals surface area contributed by atoms with E-state index in [4.69, 9.17) is 17.0 Å². The quantitative estimate of drug-likeness (QED) is 0.386. The van der Waals surface area contributed by atoms with Crippen molar-refractivity contribution in [2.75, 3.05) is 32.7 Å². The Morgan fingerprint density at radius 3 is 2.34 bits per heavy atom. The molecule has 2 aromatic carbocycles. The average molecular weight is 456 g/mol. The summed E-state index contributed by atoms with van der Waals surface area (Å²) in [5, 5.41) is 3.31. The number of hydrogen-bond acceptors (Lipinski definition) is 6. The van der Waals surface area contributed by atoms with E-state index in [2.05, 4.69) is 10.1 Å². The fourth-order valence-electron chi connectivity index (χ4n) is 3.58. The zero-order valence-electron chi connectivity index (χ0n) is 18.2. The van der Waals surface area contributed by atoms with Gasteiger partial charge >= 0.3 is 5.97 Å². The number of carbonyl (C=O) groups excluding carboxylic acids is 3. The Kier molecular flexibility index (Phi) is 7.42. The molecule has 0 unspecified atom stereocenters. The van der Waals surface area contributed by atoms with Crippen LogP contribution in [-0.4, -0.2) is 61.6 Å². The van der Waals surface area contributed by atoms with E-state index >= 15 is 0 Å². The molecular formula is C23H25N3O5S. The van der Waals surface area contributed by atoms with Crippen LogP contribution in [0.2, 0.25) is 0 Å². The highest BCUT2D eigenvalue weighted by Crippen LogP contribution is 2.26. The number of esters is 1. The third-order valence-electron chi connectivity index (χ3n) is 5.32. The van der Waals surface area contributed by atoms with Gasteiger partial charge in [-0.1, -0.05) is 12.1 Å². The van der Waals surface area contributed by atoms with Gasteiger partial charge in [0.25, 0.3) is 5.91 Å². The summed E-state index contributed by atoms with van der Waals surface area (Å²) in [7, 11) is 4.59. The second-order valence-electron chi connectivity index (χ2n) is 7.17. The first-order valence-corrected chi connectivity index (χ1v) is 10.5. The van der Waals surface area contributed by atoms with Crippen molar-refractivity contribution in [3.8, 4) is 5.75 Å². The van der Waals surface area contributed by atoms with Crippen molar-refractivity contribution < 1.29 is 23.9 Å². The second kappa shape index (κ2) is 10.2. The molecule has 1 N–H and O–H groups in total. The van der Waals surface area contributed by atoms with Crippen LogP contribution in [0.5, 0.6) is 5.75 Å². The Balaban J connectivity index is 1.77. The zero-order chi connectivity index (χ0) is 23.3. The number of imide groups is 1. The lowest BCUT2D eigenvalue weighted by atomic mass is 10.1. The predicted octanol–water partition coefficient (Wildman–Crippen LogP) is 2.16. The Bertz CT molecular complexity index is 1010. The van der Waals surface area contributed by atoms with Crippen molar-refractivity contribution >= 4 is 40.8 Å². The standard InChI is InChI=1S/C23H25N3O5S/c1-24-23(32)25(13-12-15-4-10-18(30-2)11-5-15)19-14-20(27)26(21(19)28)17-8-6-16(7-9-17)22(29)31-3/h4-11,19H,12-14H2,1-3H3,(H,24,32)/t19-/m0/s1. The number of nitrogens with one attached hydrogen (secondary N) is 1. The molecule has 168 valence electrons.